The number of carbonyl (C=O) groups is 1. The van der Waals surface area contributed by atoms with Gasteiger partial charge in [-0.25, -0.2) is 4.98 Å². The standard InChI is InChI=1S/C27H26N6O/c1-33-25(13-14-30-33)27(34)29-16-15-28-18-19-9-11-20(12-10-19)21-5-4-6-22(17-21)26-31-23-7-2-3-8-24(23)32-26/h2-14,17,28H,15-16,18H2,1H3,(H,29,34)(H,31,32). The van der Waals surface area contributed by atoms with Gasteiger partial charge in [0.25, 0.3) is 5.91 Å². The Labute approximate surface area is 197 Å². The molecule has 0 bridgehead atoms. The highest BCUT2D eigenvalue weighted by molar-refractivity contribution is 5.92. The average Bonchev–Trinajstić information content (AvgIpc) is 3.50. The number of carbonyl (C=O) groups excluding carboxylic acids is 1. The number of rotatable bonds is 8. The highest BCUT2D eigenvalue weighted by Gasteiger charge is 2.09. The second-order valence-corrected chi connectivity index (χ2v) is 8.15. The summed E-state index contributed by atoms with van der Waals surface area (Å²) in [5.41, 5.74) is 7.12. The summed E-state index contributed by atoms with van der Waals surface area (Å²) in [5.74, 6) is 0.760. The van der Waals surface area contributed by atoms with Gasteiger partial charge in [-0.3, -0.25) is 9.48 Å². The second-order valence-electron chi connectivity index (χ2n) is 8.15. The molecule has 0 aliphatic carbocycles. The van der Waals surface area contributed by atoms with Crippen LogP contribution in [0.1, 0.15) is 16.1 Å². The highest BCUT2D eigenvalue weighted by atomic mass is 16.2. The van der Waals surface area contributed by atoms with Gasteiger partial charge in [-0.05, 0) is 41.0 Å². The van der Waals surface area contributed by atoms with Crippen LogP contribution in [0.15, 0.2) is 85.1 Å². The number of H-pyrrole nitrogens is 1. The van der Waals surface area contributed by atoms with Crippen molar-refractivity contribution in [1.82, 2.24) is 30.4 Å². The van der Waals surface area contributed by atoms with Crippen molar-refractivity contribution in [3.05, 3.63) is 96.3 Å². The summed E-state index contributed by atoms with van der Waals surface area (Å²) in [6.07, 6.45) is 1.62. The number of aromatic nitrogens is 4. The molecular weight excluding hydrogens is 424 g/mol. The number of imidazole rings is 1. The SMILES string of the molecule is Cn1nccc1C(=O)NCCNCc1ccc(-c2cccc(-c3nc4ccccc4[nH]3)c2)cc1. The molecule has 7 nitrogen and oxygen atoms in total. The minimum absolute atomic E-state index is 0.115. The third-order valence-corrected chi connectivity index (χ3v) is 5.78. The van der Waals surface area contributed by atoms with E-state index in [0.717, 1.165) is 40.1 Å². The molecule has 5 rings (SSSR count). The van der Waals surface area contributed by atoms with Crippen LogP contribution in [0.3, 0.4) is 0 Å². The number of aryl methyl sites for hydroxylation is 1. The predicted octanol–water partition coefficient (Wildman–Crippen LogP) is 4.15. The molecule has 2 aromatic heterocycles. The van der Waals surface area contributed by atoms with Crippen LogP contribution >= 0.6 is 0 Å². The molecule has 0 saturated carbocycles. The molecule has 3 N–H and O–H groups in total. The Morgan fingerprint density at radius 3 is 2.53 bits per heavy atom. The lowest BCUT2D eigenvalue weighted by Crippen LogP contribution is -2.32. The van der Waals surface area contributed by atoms with E-state index >= 15 is 0 Å². The van der Waals surface area contributed by atoms with Crippen LogP contribution in [0, 0.1) is 0 Å². The van der Waals surface area contributed by atoms with Crippen molar-refractivity contribution in [2.45, 2.75) is 6.54 Å². The minimum atomic E-state index is -0.115. The second kappa shape index (κ2) is 9.72. The first-order chi connectivity index (χ1) is 16.7. The van der Waals surface area contributed by atoms with Crippen LogP contribution in [0.25, 0.3) is 33.5 Å². The maximum absolute atomic E-state index is 12.1. The van der Waals surface area contributed by atoms with Gasteiger partial charge >= 0.3 is 0 Å². The first-order valence-corrected chi connectivity index (χ1v) is 11.3. The van der Waals surface area contributed by atoms with E-state index in [4.69, 9.17) is 4.98 Å². The van der Waals surface area contributed by atoms with Crippen LogP contribution in [-0.4, -0.2) is 38.7 Å². The van der Waals surface area contributed by atoms with E-state index in [2.05, 4.69) is 69.2 Å². The molecule has 0 aliphatic heterocycles. The zero-order chi connectivity index (χ0) is 23.3. The molecule has 0 radical (unpaired) electrons. The number of hydrogen-bond acceptors (Lipinski definition) is 4. The lowest BCUT2D eigenvalue weighted by molar-refractivity contribution is 0.0944. The Morgan fingerprint density at radius 1 is 0.912 bits per heavy atom. The van der Waals surface area contributed by atoms with Gasteiger partial charge in [0.05, 0.1) is 11.0 Å². The Balaban J connectivity index is 1.16. The molecule has 3 aromatic carbocycles. The molecule has 0 fully saturated rings. The molecule has 0 unspecified atom stereocenters. The first-order valence-electron chi connectivity index (χ1n) is 11.3. The lowest BCUT2D eigenvalue weighted by atomic mass is 10.0. The van der Waals surface area contributed by atoms with E-state index in [9.17, 15) is 4.79 Å². The van der Waals surface area contributed by atoms with Gasteiger partial charge in [0.2, 0.25) is 0 Å². The fourth-order valence-corrected chi connectivity index (χ4v) is 3.93. The topological polar surface area (TPSA) is 87.6 Å². The van der Waals surface area contributed by atoms with Crippen LogP contribution in [0.2, 0.25) is 0 Å². The summed E-state index contributed by atoms with van der Waals surface area (Å²) in [4.78, 5) is 20.2. The molecular formula is C27H26N6O. The van der Waals surface area contributed by atoms with Gasteiger partial charge in [0, 0.05) is 38.4 Å². The van der Waals surface area contributed by atoms with Gasteiger partial charge in [0.1, 0.15) is 11.5 Å². The summed E-state index contributed by atoms with van der Waals surface area (Å²) in [6, 6.07) is 26.7. The van der Waals surface area contributed by atoms with E-state index in [1.807, 2.05) is 24.3 Å². The molecule has 0 aliphatic rings. The highest BCUT2D eigenvalue weighted by Crippen LogP contribution is 2.26. The van der Waals surface area contributed by atoms with Crippen LogP contribution in [0.5, 0.6) is 0 Å². The Hall–Kier alpha value is -4.23. The number of benzene rings is 3. The molecule has 0 spiro atoms. The van der Waals surface area contributed by atoms with Gasteiger partial charge in [-0.2, -0.15) is 5.10 Å². The number of para-hydroxylation sites is 2. The molecule has 1 amide bonds. The zero-order valence-electron chi connectivity index (χ0n) is 19.0. The first kappa shape index (κ1) is 21.6. The molecule has 7 heteroatoms. The maximum Gasteiger partial charge on any atom is 0.269 e. The van der Waals surface area contributed by atoms with Crippen molar-refractivity contribution in [3.63, 3.8) is 0 Å². The van der Waals surface area contributed by atoms with Crippen LogP contribution in [0.4, 0.5) is 0 Å². The normalized spacial score (nSPS) is 11.1. The molecule has 170 valence electrons. The summed E-state index contributed by atoms with van der Waals surface area (Å²) in [5, 5.41) is 10.3. The van der Waals surface area contributed by atoms with Crippen molar-refractivity contribution < 1.29 is 4.79 Å². The minimum Gasteiger partial charge on any atom is -0.349 e. The predicted molar refractivity (Wildman–Crippen MR) is 134 cm³/mol. The number of aromatic amines is 1. The number of nitrogens with zero attached hydrogens (tertiary/aromatic N) is 3. The van der Waals surface area contributed by atoms with Crippen LogP contribution in [-0.2, 0) is 13.6 Å². The molecule has 0 atom stereocenters. The van der Waals surface area contributed by atoms with E-state index in [-0.39, 0.29) is 5.91 Å². The van der Waals surface area contributed by atoms with Crippen molar-refractivity contribution in [1.29, 1.82) is 0 Å². The average molecular weight is 451 g/mol. The van der Waals surface area contributed by atoms with E-state index < -0.39 is 0 Å². The van der Waals surface area contributed by atoms with Gasteiger partial charge < -0.3 is 15.6 Å². The Bertz CT molecular complexity index is 1380. The lowest BCUT2D eigenvalue weighted by Gasteiger charge is -2.09. The van der Waals surface area contributed by atoms with Crippen LogP contribution < -0.4 is 10.6 Å². The molecule has 2 heterocycles. The molecule has 34 heavy (non-hydrogen) atoms. The number of nitrogens with one attached hydrogen (secondary N) is 3. The third-order valence-electron chi connectivity index (χ3n) is 5.78. The fraction of sp³-hybridized carbons (Fsp3) is 0.148. The summed E-state index contributed by atoms with van der Waals surface area (Å²) >= 11 is 0. The summed E-state index contributed by atoms with van der Waals surface area (Å²) in [7, 11) is 1.76. The van der Waals surface area contributed by atoms with Crippen molar-refractivity contribution in [3.8, 4) is 22.5 Å². The van der Waals surface area contributed by atoms with E-state index in [1.165, 1.54) is 5.56 Å². The van der Waals surface area contributed by atoms with Crippen molar-refractivity contribution >= 4 is 16.9 Å². The van der Waals surface area contributed by atoms with Crippen molar-refractivity contribution in [2.24, 2.45) is 7.05 Å². The maximum atomic E-state index is 12.1. The largest absolute Gasteiger partial charge is 0.349 e. The third kappa shape index (κ3) is 4.74. The number of fused-ring (bicyclic) bond motifs is 1. The van der Waals surface area contributed by atoms with E-state index in [0.29, 0.717) is 18.8 Å². The smallest absolute Gasteiger partial charge is 0.269 e. The van der Waals surface area contributed by atoms with E-state index in [1.54, 1.807) is 24.0 Å². The molecule has 0 saturated heterocycles. The molecule has 5 aromatic rings. The van der Waals surface area contributed by atoms with Gasteiger partial charge in [-0.1, -0.05) is 54.6 Å². The number of amides is 1. The fourth-order valence-electron chi connectivity index (χ4n) is 3.93. The Kier molecular flexibility index (Phi) is 6.18. The van der Waals surface area contributed by atoms with Gasteiger partial charge in [0.15, 0.2) is 0 Å². The number of hydrogen-bond donors (Lipinski definition) is 3. The summed E-state index contributed by atoms with van der Waals surface area (Å²) in [6.45, 7) is 1.97. The quantitative estimate of drug-likeness (QED) is 0.310. The summed E-state index contributed by atoms with van der Waals surface area (Å²) < 4.78 is 1.57. The Morgan fingerprint density at radius 2 is 1.74 bits per heavy atom. The monoisotopic (exact) mass is 450 g/mol. The van der Waals surface area contributed by atoms with Crippen molar-refractivity contribution in [2.75, 3.05) is 13.1 Å². The van der Waals surface area contributed by atoms with Gasteiger partial charge in [-0.15, -0.1) is 0 Å². The zero-order valence-corrected chi connectivity index (χ0v) is 19.0.